The van der Waals surface area contributed by atoms with Crippen LogP contribution in [0.4, 0.5) is 4.39 Å². The van der Waals surface area contributed by atoms with Crippen molar-refractivity contribution in [3.8, 4) is 5.75 Å². The number of benzene rings is 1. The molecule has 1 unspecified atom stereocenters. The third-order valence-corrected chi connectivity index (χ3v) is 3.45. The Balaban J connectivity index is 0.00000220. The Morgan fingerprint density at radius 3 is 2.90 bits per heavy atom. The highest BCUT2D eigenvalue weighted by Gasteiger charge is 2.16. The molecular formula is C15H23FIN3O. The molecule has 1 fully saturated rings. The minimum Gasteiger partial charge on any atom is -0.489 e. The molecule has 0 aromatic heterocycles. The molecule has 1 aromatic rings. The number of nitrogens with one attached hydrogen (secondary N) is 1. The highest BCUT2D eigenvalue weighted by atomic mass is 127. The van der Waals surface area contributed by atoms with Crippen molar-refractivity contribution in [2.75, 3.05) is 13.1 Å². The zero-order valence-corrected chi connectivity index (χ0v) is 14.5. The second-order valence-corrected chi connectivity index (χ2v) is 5.29. The van der Waals surface area contributed by atoms with Gasteiger partial charge in [-0.15, -0.1) is 24.0 Å². The molecule has 118 valence electrons. The first-order chi connectivity index (χ1) is 9.63. The van der Waals surface area contributed by atoms with Crippen LogP contribution >= 0.6 is 24.0 Å². The predicted molar refractivity (Wildman–Crippen MR) is 93.7 cm³/mol. The number of hydrogen-bond donors (Lipinski definition) is 2. The lowest BCUT2D eigenvalue weighted by Gasteiger charge is -2.25. The van der Waals surface area contributed by atoms with Gasteiger partial charge in [-0.3, -0.25) is 0 Å². The molecule has 6 heteroatoms. The Hall–Kier alpha value is -1.05. The molecule has 3 N–H and O–H groups in total. The van der Waals surface area contributed by atoms with Gasteiger partial charge in [-0.05, 0) is 37.8 Å². The largest absolute Gasteiger partial charge is 0.489 e. The van der Waals surface area contributed by atoms with Crippen molar-refractivity contribution in [1.82, 2.24) is 5.32 Å². The highest BCUT2D eigenvalue weighted by Crippen LogP contribution is 2.24. The first-order valence-corrected chi connectivity index (χ1v) is 7.09. The van der Waals surface area contributed by atoms with Crippen molar-refractivity contribution in [1.29, 1.82) is 0 Å². The molecule has 1 atom stereocenters. The van der Waals surface area contributed by atoms with Crippen molar-refractivity contribution in [2.45, 2.75) is 32.3 Å². The maximum Gasteiger partial charge on any atom is 0.188 e. The summed E-state index contributed by atoms with van der Waals surface area (Å²) >= 11 is 0. The summed E-state index contributed by atoms with van der Waals surface area (Å²) in [5, 5.41) is 3.13. The van der Waals surface area contributed by atoms with Gasteiger partial charge in [-0.25, -0.2) is 9.38 Å². The van der Waals surface area contributed by atoms with Gasteiger partial charge in [0.05, 0.1) is 6.54 Å². The molecule has 4 nitrogen and oxygen atoms in total. The second kappa shape index (κ2) is 9.07. The summed E-state index contributed by atoms with van der Waals surface area (Å²) in [5.41, 5.74) is 5.79. The Morgan fingerprint density at radius 1 is 1.52 bits per heavy atom. The van der Waals surface area contributed by atoms with Crippen LogP contribution in [-0.4, -0.2) is 25.2 Å². The lowest BCUT2D eigenvalue weighted by atomic mass is 9.85. The topological polar surface area (TPSA) is 59.6 Å². The molecule has 1 saturated carbocycles. The summed E-state index contributed by atoms with van der Waals surface area (Å²) in [5.74, 6) is 1.39. The van der Waals surface area contributed by atoms with Crippen molar-refractivity contribution >= 4 is 29.9 Å². The minimum absolute atomic E-state index is 0. The summed E-state index contributed by atoms with van der Waals surface area (Å²) in [4.78, 5) is 4.24. The van der Waals surface area contributed by atoms with Gasteiger partial charge in [-0.1, -0.05) is 12.5 Å². The van der Waals surface area contributed by atoms with E-state index >= 15 is 0 Å². The van der Waals surface area contributed by atoms with E-state index in [4.69, 9.17) is 10.5 Å². The molecule has 0 saturated heterocycles. The van der Waals surface area contributed by atoms with Crippen LogP contribution < -0.4 is 15.8 Å². The van der Waals surface area contributed by atoms with Gasteiger partial charge < -0.3 is 15.8 Å². The fourth-order valence-corrected chi connectivity index (χ4v) is 2.04. The summed E-state index contributed by atoms with van der Waals surface area (Å²) in [7, 11) is 0. The van der Waals surface area contributed by atoms with Crippen molar-refractivity contribution < 1.29 is 9.13 Å². The quantitative estimate of drug-likeness (QED) is 0.433. The summed E-state index contributed by atoms with van der Waals surface area (Å²) in [6.45, 7) is 3.22. The summed E-state index contributed by atoms with van der Waals surface area (Å²) in [6.07, 6.45) is 3.72. The van der Waals surface area contributed by atoms with E-state index in [1.54, 1.807) is 12.1 Å². The molecular weight excluding hydrogens is 384 g/mol. The first kappa shape index (κ1) is 18.0. The normalized spacial score (nSPS) is 16.6. The van der Waals surface area contributed by atoms with Crippen LogP contribution in [-0.2, 0) is 0 Å². The molecule has 0 bridgehead atoms. The molecule has 0 radical (unpaired) electrons. The smallest absolute Gasteiger partial charge is 0.188 e. The number of hydrogen-bond acceptors (Lipinski definition) is 2. The molecule has 1 aliphatic carbocycles. The number of guanidine groups is 1. The number of aliphatic imine (C=N–C) groups is 1. The van der Waals surface area contributed by atoms with Crippen LogP contribution in [0, 0.1) is 11.7 Å². The first-order valence-electron chi connectivity index (χ1n) is 7.09. The molecule has 21 heavy (non-hydrogen) atoms. The van der Waals surface area contributed by atoms with E-state index in [1.807, 2.05) is 6.92 Å². The zero-order chi connectivity index (χ0) is 14.4. The molecule has 0 spiro atoms. The Morgan fingerprint density at radius 2 is 2.29 bits per heavy atom. The van der Waals surface area contributed by atoms with Crippen LogP contribution in [0.25, 0.3) is 0 Å². The molecule has 0 heterocycles. The molecule has 1 aliphatic rings. The maximum atomic E-state index is 13.0. The predicted octanol–water partition coefficient (Wildman–Crippen LogP) is 2.92. The average molecular weight is 407 g/mol. The van der Waals surface area contributed by atoms with Crippen LogP contribution in [0.15, 0.2) is 29.3 Å². The highest BCUT2D eigenvalue weighted by molar-refractivity contribution is 14.0. The maximum absolute atomic E-state index is 13.0. The zero-order valence-electron chi connectivity index (χ0n) is 12.2. The molecule has 0 amide bonds. The fraction of sp³-hybridized carbons (Fsp3) is 0.533. The van der Waals surface area contributed by atoms with Crippen molar-refractivity contribution in [3.05, 3.63) is 30.1 Å². The van der Waals surface area contributed by atoms with Crippen LogP contribution in [0.2, 0.25) is 0 Å². The Labute approximate surface area is 142 Å². The molecule has 1 aromatic carbocycles. The van der Waals surface area contributed by atoms with Crippen molar-refractivity contribution in [2.24, 2.45) is 16.6 Å². The van der Waals surface area contributed by atoms with Gasteiger partial charge in [0.2, 0.25) is 0 Å². The number of nitrogens with two attached hydrogens (primary N) is 1. The Bertz CT molecular complexity index is 466. The number of rotatable bonds is 6. The third-order valence-electron chi connectivity index (χ3n) is 3.45. The van der Waals surface area contributed by atoms with E-state index < -0.39 is 0 Å². The monoisotopic (exact) mass is 407 g/mol. The Kier molecular flexibility index (Phi) is 7.77. The van der Waals surface area contributed by atoms with E-state index in [0.717, 1.165) is 12.5 Å². The van der Waals surface area contributed by atoms with E-state index in [9.17, 15) is 4.39 Å². The lowest BCUT2D eigenvalue weighted by molar-refractivity contribution is 0.229. The van der Waals surface area contributed by atoms with E-state index in [0.29, 0.717) is 18.3 Å². The fourth-order valence-electron chi connectivity index (χ4n) is 2.04. The number of halogens is 2. The number of ether oxygens (including phenoxy) is 1. The minimum atomic E-state index is -0.306. The van der Waals surface area contributed by atoms with Crippen LogP contribution in [0.1, 0.15) is 26.2 Å². The molecule has 0 aliphatic heterocycles. The van der Waals surface area contributed by atoms with Gasteiger partial charge in [0.25, 0.3) is 0 Å². The third kappa shape index (κ3) is 6.50. The van der Waals surface area contributed by atoms with Gasteiger partial charge in [0.1, 0.15) is 17.7 Å². The van der Waals surface area contributed by atoms with Gasteiger partial charge in [0.15, 0.2) is 5.96 Å². The lowest BCUT2D eigenvalue weighted by Crippen LogP contribution is -2.37. The van der Waals surface area contributed by atoms with E-state index in [2.05, 4.69) is 10.3 Å². The van der Waals surface area contributed by atoms with Crippen molar-refractivity contribution in [3.63, 3.8) is 0 Å². The van der Waals surface area contributed by atoms with Gasteiger partial charge >= 0.3 is 0 Å². The molecule has 2 rings (SSSR count). The summed E-state index contributed by atoms with van der Waals surface area (Å²) < 4.78 is 18.6. The second-order valence-electron chi connectivity index (χ2n) is 5.29. The van der Waals surface area contributed by atoms with E-state index in [1.165, 1.54) is 31.4 Å². The van der Waals surface area contributed by atoms with Crippen LogP contribution in [0.5, 0.6) is 5.75 Å². The van der Waals surface area contributed by atoms with E-state index in [-0.39, 0.29) is 35.9 Å². The van der Waals surface area contributed by atoms with Gasteiger partial charge in [0, 0.05) is 12.6 Å². The number of nitrogens with zero attached hydrogens (tertiary/aromatic N) is 1. The average Bonchev–Trinajstić information content (AvgIpc) is 2.34. The SMILES string of the molecule is CC(CN=C(N)NCC1CCC1)Oc1cccc(F)c1.I. The van der Waals surface area contributed by atoms with Gasteiger partial charge in [-0.2, -0.15) is 0 Å². The summed E-state index contributed by atoms with van der Waals surface area (Å²) in [6, 6.07) is 6.09. The standard InChI is InChI=1S/C15H22FN3O.HI/c1-11(20-14-7-3-6-13(16)8-14)9-18-15(17)19-10-12-4-2-5-12;/h3,6-8,11-12H,2,4-5,9-10H2,1H3,(H3,17,18,19);1H. The van der Waals surface area contributed by atoms with Crippen LogP contribution in [0.3, 0.4) is 0 Å².